The molecule has 3 aromatic rings. The van der Waals surface area contributed by atoms with Gasteiger partial charge in [-0.3, -0.25) is 4.79 Å². The van der Waals surface area contributed by atoms with Crippen molar-refractivity contribution in [3.8, 4) is 5.75 Å². The fraction of sp³-hybridized carbons (Fsp3) is 0.308. The van der Waals surface area contributed by atoms with Crippen molar-refractivity contribution in [3.63, 3.8) is 0 Å². The average molecular weight is 418 g/mol. The Labute approximate surface area is 182 Å². The van der Waals surface area contributed by atoms with Crippen LogP contribution in [-0.2, 0) is 4.79 Å². The van der Waals surface area contributed by atoms with Crippen molar-refractivity contribution in [2.24, 2.45) is 0 Å². The first-order valence-electron chi connectivity index (χ1n) is 10.6. The van der Waals surface area contributed by atoms with E-state index in [4.69, 9.17) is 4.74 Å². The molecule has 0 radical (unpaired) electrons. The normalized spacial score (nSPS) is 15.1. The molecule has 31 heavy (non-hydrogen) atoms. The van der Waals surface area contributed by atoms with Crippen molar-refractivity contribution in [2.45, 2.75) is 38.2 Å². The van der Waals surface area contributed by atoms with Gasteiger partial charge in [-0.2, -0.15) is 0 Å². The smallest absolute Gasteiger partial charge is 0.347 e. The van der Waals surface area contributed by atoms with E-state index in [2.05, 4.69) is 0 Å². The number of hydrogen-bond donors (Lipinski definition) is 1. The maximum atomic E-state index is 13.2. The van der Waals surface area contributed by atoms with Gasteiger partial charge in [-0.1, -0.05) is 48.5 Å². The van der Waals surface area contributed by atoms with Crippen LogP contribution in [0.4, 0.5) is 0 Å². The first-order chi connectivity index (χ1) is 14.8. The van der Waals surface area contributed by atoms with Gasteiger partial charge in [0, 0.05) is 18.7 Å². The lowest BCUT2D eigenvalue weighted by Crippen LogP contribution is -2.38. The van der Waals surface area contributed by atoms with Crippen LogP contribution >= 0.6 is 0 Å². The Bertz CT molecular complexity index is 1110. The lowest BCUT2D eigenvalue weighted by molar-refractivity contribution is -0.152. The molecule has 1 saturated heterocycles. The van der Waals surface area contributed by atoms with Gasteiger partial charge in [-0.25, -0.2) is 4.79 Å². The SMILES string of the molecule is CC(C)(Oc1cccc(C2CCN(C(=O)c3cccc4ccccc34)CC2)c1)C(=O)O. The van der Waals surface area contributed by atoms with E-state index < -0.39 is 11.6 Å². The molecule has 1 aliphatic rings. The van der Waals surface area contributed by atoms with E-state index in [0.717, 1.165) is 34.7 Å². The summed E-state index contributed by atoms with van der Waals surface area (Å²) in [7, 11) is 0. The van der Waals surface area contributed by atoms with Gasteiger partial charge >= 0.3 is 5.97 Å². The Hall–Kier alpha value is -3.34. The summed E-state index contributed by atoms with van der Waals surface area (Å²) in [4.78, 5) is 26.5. The zero-order chi connectivity index (χ0) is 22.0. The van der Waals surface area contributed by atoms with Gasteiger partial charge in [0.2, 0.25) is 0 Å². The van der Waals surface area contributed by atoms with E-state index in [-0.39, 0.29) is 5.91 Å². The molecular weight excluding hydrogens is 390 g/mol. The monoisotopic (exact) mass is 417 g/mol. The number of aliphatic carboxylic acids is 1. The van der Waals surface area contributed by atoms with Crippen LogP contribution in [-0.4, -0.2) is 40.6 Å². The summed E-state index contributed by atoms with van der Waals surface area (Å²) in [5, 5.41) is 11.4. The second-order valence-corrected chi connectivity index (χ2v) is 8.58. The number of carbonyl (C=O) groups is 2. The van der Waals surface area contributed by atoms with E-state index in [0.29, 0.717) is 24.8 Å². The Kier molecular flexibility index (Phi) is 5.68. The zero-order valence-electron chi connectivity index (χ0n) is 17.9. The predicted molar refractivity (Wildman–Crippen MR) is 121 cm³/mol. The number of amides is 1. The molecule has 0 saturated carbocycles. The molecule has 5 heteroatoms. The highest BCUT2D eigenvalue weighted by Crippen LogP contribution is 2.32. The molecule has 1 aliphatic heterocycles. The molecule has 0 unspecified atom stereocenters. The van der Waals surface area contributed by atoms with Gasteiger partial charge in [0.05, 0.1) is 0 Å². The summed E-state index contributed by atoms with van der Waals surface area (Å²) in [5.74, 6) is -0.0547. The molecule has 1 amide bonds. The van der Waals surface area contributed by atoms with E-state index in [1.807, 2.05) is 65.6 Å². The highest BCUT2D eigenvalue weighted by molar-refractivity contribution is 6.07. The molecule has 0 aliphatic carbocycles. The maximum Gasteiger partial charge on any atom is 0.347 e. The predicted octanol–water partition coefficient (Wildman–Crippen LogP) is 5.10. The third-order valence-corrected chi connectivity index (χ3v) is 6.02. The molecular formula is C26H27NO4. The highest BCUT2D eigenvalue weighted by atomic mass is 16.5. The number of carboxylic acid groups (broad SMARTS) is 1. The molecule has 1 heterocycles. The highest BCUT2D eigenvalue weighted by Gasteiger charge is 2.30. The van der Waals surface area contributed by atoms with Gasteiger partial charge in [-0.05, 0) is 67.1 Å². The fourth-order valence-corrected chi connectivity index (χ4v) is 4.17. The second kappa shape index (κ2) is 8.42. The fourth-order valence-electron chi connectivity index (χ4n) is 4.17. The first-order valence-corrected chi connectivity index (χ1v) is 10.6. The quantitative estimate of drug-likeness (QED) is 0.627. The van der Waals surface area contributed by atoms with Crippen LogP contribution < -0.4 is 4.74 Å². The minimum absolute atomic E-state index is 0.0792. The van der Waals surface area contributed by atoms with Crippen molar-refractivity contribution in [1.82, 2.24) is 4.90 Å². The van der Waals surface area contributed by atoms with Crippen molar-refractivity contribution in [1.29, 1.82) is 0 Å². The van der Waals surface area contributed by atoms with Crippen LogP contribution in [0.2, 0.25) is 0 Å². The van der Waals surface area contributed by atoms with E-state index in [1.165, 1.54) is 0 Å². The summed E-state index contributed by atoms with van der Waals surface area (Å²) in [6.07, 6.45) is 1.73. The number of hydrogen-bond acceptors (Lipinski definition) is 3. The minimum Gasteiger partial charge on any atom is -0.478 e. The molecule has 0 atom stereocenters. The van der Waals surface area contributed by atoms with Crippen LogP contribution in [0.3, 0.4) is 0 Å². The van der Waals surface area contributed by atoms with Crippen molar-refractivity contribution in [2.75, 3.05) is 13.1 Å². The summed E-state index contributed by atoms with van der Waals surface area (Å²) in [6.45, 7) is 4.47. The Morgan fingerprint density at radius 3 is 2.39 bits per heavy atom. The first kappa shape index (κ1) is 20.9. The lowest BCUT2D eigenvalue weighted by atomic mass is 9.89. The Balaban J connectivity index is 1.45. The van der Waals surface area contributed by atoms with Crippen LogP contribution in [0.25, 0.3) is 10.8 Å². The molecule has 5 nitrogen and oxygen atoms in total. The largest absolute Gasteiger partial charge is 0.478 e. The molecule has 0 aromatic heterocycles. The van der Waals surface area contributed by atoms with E-state index in [9.17, 15) is 14.7 Å². The third kappa shape index (κ3) is 4.41. The molecule has 0 spiro atoms. The number of rotatable bonds is 5. The van der Waals surface area contributed by atoms with Gasteiger partial charge in [0.25, 0.3) is 5.91 Å². The second-order valence-electron chi connectivity index (χ2n) is 8.58. The van der Waals surface area contributed by atoms with Crippen LogP contribution in [0, 0.1) is 0 Å². The van der Waals surface area contributed by atoms with Gasteiger partial charge in [0.15, 0.2) is 5.60 Å². The Morgan fingerprint density at radius 2 is 1.65 bits per heavy atom. The van der Waals surface area contributed by atoms with Gasteiger partial charge in [-0.15, -0.1) is 0 Å². The average Bonchev–Trinajstić information content (AvgIpc) is 2.78. The number of carbonyl (C=O) groups excluding carboxylic acids is 1. The van der Waals surface area contributed by atoms with E-state index >= 15 is 0 Å². The van der Waals surface area contributed by atoms with Crippen molar-refractivity contribution >= 4 is 22.6 Å². The number of carboxylic acids is 1. The zero-order valence-corrected chi connectivity index (χ0v) is 17.9. The summed E-state index contributed by atoms with van der Waals surface area (Å²) in [5.41, 5.74) is 0.589. The minimum atomic E-state index is -1.28. The maximum absolute atomic E-state index is 13.2. The number of likely N-dealkylation sites (tertiary alicyclic amines) is 1. The molecule has 1 N–H and O–H groups in total. The van der Waals surface area contributed by atoms with E-state index in [1.54, 1.807) is 19.9 Å². The molecule has 1 fully saturated rings. The number of benzene rings is 3. The van der Waals surface area contributed by atoms with Gasteiger partial charge < -0.3 is 14.7 Å². The number of nitrogens with zero attached hydrogens (tertiary/aromatic N) is 1. The summed E-state index contributed by atoms with van der Waals surface area (Å²) < 4.78 is 5.69. The standard InChI is InChI=1S/C26H27NO4/c1-26(2,25(29)30)31-21-10-5-9-20(17-21)18-13-15-27(16-14-18)24(28)23-12-6-8-19-7-3-4-11-22(19)23/h3-12,17-18H,13-16H2,1-2H3,(H,29,30). The summed E-state index contributed by atoms with van der Waals surface area (Å²) >= 11 is 0. The number of ether oxygens (including phenoxy) is 1. The Morgan fingerprint density at radius 1 is 0.968 bits per heavy atom. The van der Waals surface area contributed by atoms with Crippen molar-refractivity contribution in [3.05, 3.63) is 77.9 Å². The molecule has 0 bridgehead atoms. The lowest BCUT2D eigenvalue weighted by Gasteiger charge is -2.33. The van der Waals surface area contributed by atoms with Crippen LogP contribution in [0.15, 0.2) is 66.7 Å². The van der Waals surface area contributed by atoms with Crippen molar-refractivity contribution < 1.29 is 19.4 Å². The van der Waals surface area contributed by atoms with Gasteiger partial charge in [0.1, 0.15) is 5.75 Å². The van der Waals surface area contributed by atoms with Crippen LogP contribution in [0.1, 0.15) is 48.5 Å². The molecule has 4 rings (SSSR count). The topological polar surface area (TPSA) is 66.8 Å². The molecule has 160 valence electrons. The number of fused-ring (bicyclic) bond motifs is 1. The molecule has 3 aromatic carbocycles. The van der Waals surface area contributed by atoms with Crippen LogP contribution in [0.5, 0.6) is 5.75 Å². The third-order valence-electron chi connectivity index (χ3n) is 6.02. The number of piperidine rings is 1. The summed E-state index contributed by atoms with van der Waals surface area (Å²) in [6, 6.07) is 21.5.